The fraction of sp³-hybridized carbons (Fsp3) is 0.448. The van der Waals surface area contributed by atoms with Crippen LogP contribution in [0.1, 0.15) is 60.9 Å². The van der Waals surface area contributed by atoms with Gasteiger partial charge < -0.3 is 9.47 Å². The average molecular weight is 477 g/mol. The summed E-state index contributed by atoms with van der Waals surface area (Å²) in [5.41, 5.74) is 2.87. The van der Waals surface area contributed by atoms with E-state index in [1.54, 1.807) is 38.5 Å². The van der Waals surface area contributed by atoms with Crippen molar-refractivity contribution < 1.29 is 19.1 Å². The molecule has 0 N–H and O–H groups in total. The summed E-state index contributed by atoms with van der Waals surface area (Å²) < 4.78 is 10.4. The molecule has 1 aliphatic heterocycles. The number of methoxy groups -OCH3 is 2. The minimum atomic E-state index is -0.153. The zero-order valence-corrected chi connectivity index (χ0v) is 20.9. The summed E-state index contributed by atoms with van der Waals surface area (Å²) in [5.74, 6) is 4.60. The molecule has 0 bridgehead atoms. The maximum Gasteiger partial charge on any atom is 0.253 e. The maximum absolute atomic E-state index is 12.3. The first-order valence-electron chi connectivity index (χ1n) is 12.4. The number of likely N-dealkylation sites (tertiary alicyclic amines) is 1. The van der Waals surface area contributed by atoms with Gasteiger partial charge >= 0.3 is 0 Å². The topological polar surface area (TPSA) is 68.2 Å². The summed E-state index contributed by atoms with van der Waals surface area (Å²) in [7, 11) is 3.26. The third-order valence-electron chi connectivity index (χ3n) is 6.23. The number of hydrogen-bond acceptors (Lipinski definition) is 5. The minimum Gasteiger partial charge on any atom is -0.497 e. The van der Waals surface area contributed by atoms with Crippen LogP contribution in [0.5, 0.6) is 11.5 Å². The molecule has 0 atom stereocenters. The van der Waals surface area contributed by atoms with E-state index in [1.807, 2.05) is 24.3 Å². The Bertz CT molecular complexity index is 1020. The van der Waals surface area contributed by atoms with Gasteiger partial charge in [-0.25, -0.2) is 0 Å². The number of ether oxygens (including phenoxy) is 2. The van der Waals surface area contributed by atoms with Gasteiger partial charge in [0.05, 0.1) is 14.2 Å². The Hall–Kier alpha value is -3.21. The molecule has 0 unspecified atom stereocenters. The SMILES string of the molecule is COc1ccc(CC(=C=NC(=O)CCCCCC(=O)c2ccc(OC)cc2)CN2CCCC2)cc1. The van der Waals surface area contributed by atoms with Crippen molar-refractivity contribution in [2.75, 3.05) is 33.9 Å². The zero-order valence-electron chi connectivity index (χ0n) is 20.9. The molecule has 1 aliphatic rings. The highest BCUT2D eigenvalue weighted by atomic mass is 16.5. The monoisotopic (exact) mass is 476 g/mol. The van der Waals surface area contributed by atoms with Gasteiger partial charge in [-0.3, -0.25) is 14.5 Å². The highest BCUT2D eigenvalue weighted by molar-refractivity contribution is 5.96. The first-order chi connectivity index (χ1) is 17.1. The summed E-state index contributed by atoms with van der Waals surface area (Å²) >= 11 is 0. The smallest absolute Gasteiger partial charge is 0.253 e. The molecular formula is C29H36N2O4. The Morgan fingerprint density at radius 1 is 0.857 bits per heavy atom. The lowest BCUT2D eigenvalue weighted by atomic mass is 10.0. The molecule has 0 radical (unpaired) electrons. The number of amides is 1. The summed E-state index contributed by atoms with van der Waals surface area (Å²) in [6.45, 7) is 2.95. The van der Waals surface area contributed by atoms with Crippen LogP contribution in [0.25, 0.3) is 0 Å². The molecule has 35 heavy (non-hydrogen) atoms. The lowest BCUT2D eigenvalue weighted by molar-refractivity contribution is -0.117. The van der Waals surface area contributed by atoms with Crippen molar-refractivity contribution in [3.05, 3.63) is 65.2 Å². The fourth-order valence-corrected chi connectivity index (χ4v) is 4.19. The molecule has 1 amide bonds. The number of hydrogen-bond donors (Lipinski definition) is 0. The highest BCUT2D eigenvalue weighted by Gasteiger charge is 2.14. The number of nitrogens with zero attached hydrogens (tertiary/aromatic N) is 2. The second kappa shape index (κ2) is 14.2. The number of Topliss-reactive ketones (excluding diaryl/α,β-unsaturated/α-hetero) is 1. The van der Waals surface area contributed by atoms with Crippen molar-refractivity contribution in [3.63, 3.8) is 0 Å². The van der Waals surface area contributed by atoms with Gasteiger partial charge in [0.15, 0.2) is 5.78 Å². The van der Waals surface area contributed by atoms with Gasteiger partial charge in [0.1, 0.15) is 11.5 Å². The number of rotatable bonds is 13. The van der Waals surface area contributed by atoms with Gasteiger partial charge in [0.25, 0.3) is 5.91 Å². The predicted octanol–water partition coefficient (Wildman–Crippen LogP) is 5.30. The highest BCUT2D eigenvalue weighted by Crippen LogP contribution is 2.17. The Kier molecular flexibility index (Phi) is 10.7. The minimum absolute atomic E-state index is 0.116. The largest absolute Gasteiger partial charge is 0.497 e. The van der Waals surface area contributed by atoms with Crippen LogP contribution in [0.3, 0.4) is 0 Å². The lowest BCUT2D eigenvalue weighted by Gasteiger charge is -2.15. The normalized spacial score (nSPS) is 13.2. The number of carbonyl (C=O) groups excluding carboxylic acids is 2. The standard InChI is InChI=1S/C29H36N2O4/c1-34-26-14-10-23(11-15-26)20-24(22-31-18-6-7-19-31)21-30-29(33)9-5-3-4-8-28(32)25-12-16-27(35-2)17-13-25/h10-17H,3-9,18-20,22H2,1-2H3. The van der Waals surface area contributed by atoms with Crippen LogP contribution in [0.15, 0.2) is 59.1 Å². The van der Waals surface area contributed by atoms with E-state index in [9.17, 15) is 9.59 Å². The molecule has 0 saturated carbocycles. The van der Waals surface area contributed by atoms with Crippen molar-refractivity contribution in [3.8, 4) is 11.5 Å². The first-order valence-corrected chi connectivity index (χ1v) is 12.4. The molecule has 3 rings (SSSR count). The van der Waals surface area contributed by atoms with Crippen LogP contribution in [-0.4, -0.2) is 56.3 Å². The van der Waals surface area contributed by atoms with E-state index >= 15 is 0 Å². The van der Waals surface area contributed by atoms with Crippen molar-refractivity contribution >= 4 is 17.6 Å². The fourth-order valence-electron chi connectivity index (χ4n) is 4.19. The molecule has 1 heterocycles. The Labute approximate surface area is 208 Å². The van der Waals surface area contributed by atoms with Crippen molar-refractivity contribution in [1.29, 1.82) is 0 Å². The summed E-state index contributed by atoms with van der Waals surface area (Å²) in [6, 6.07) is 15.1. The van der Waals surface area contributed by atoms with E-state index in [0.717, 1.165) is 61.5 Å². The van der Waals surface area contributed by atoms with Crippen LogP contribution in [0.4, 0.5) is 0 Å². The van der Waals surface area contributed by atoms with Crippen LogP contribution < -0.4 is 9.47 Å². The average Bonchev–Trinajstić information content (AvgIpc) is 3.40. The molecule has 6 nitrogen and oxygen atoms in total. The van der Waals surface area contributed by atoms with Gasteiger partial charge in [-0.1, -0.05) is 18.6 Å². The van der Waals surface area contributed by atoms with Gasteiger partial charge in [-0.2, -0.15) is 4.99 Å². The van der Waals surface area contributed by atoms with E-state index in [0.29, 0.717) is 24.8 Å². The molecular weight excluding hydrogens is 440 g/mol. The van der Waals surface area contributed by atoms with E-state index < -0.39 is 0 Å². The van der Waals surface area contributed by atoms with Crippen molar-refractivity contribution in [2.45, 2.75) is 51.4 Å². The molecule has 186 valence electrons. The third kappa shape index (κ3) is 9.16. The Balaban J connectivity index is 1.46. The first kappa shape index (κ1) is 26.4. The molecule has 0 spiro atoms. The molecule has 0 aliphatic carbocycles. The number of aliphatic imine (C=N–C) groups is 1. The van der Waals surface area contributed by atoms with Crippen LogP contribution >= 0.6 is 0 Å². The number of benzene rings is 2. The van der Waals surface area contributed by atoms with E-state index in [4.69, 9.17) is 9.47 Å². The summed E-state index contributed by atoms with van der Waals surface area (Å²) in [6.07, 6.45) is 6.30. The van der Waals surface area contributed by atoms with E-state index in [2.05, 4.69) is 15.8 Å². The van der Waals surface area contributed by atoms with E-state index in [1.165, 1.54) is 12.8 Å². The van der Waals surface area contributed by atoms with Gasteiger partial charge in [-0.05, 0) is 86.6 Å². The Morgan fingerprint density at radius 3 is 2.09 bits per heavy atom. The third-order valence-corrected chi connectivity index (χ3v) is 6.23. The maximum atomic E-state index is 12.3. The quantitative estimate of drug-likeness (QED) is 0.223. The molecule has 2 aromatic rings. The lowest BCUT2D eigenvalue weighted by Crippen LogP contribution is -2.23. The number of carbonyl (C=O) groups is 2. The molecule has 1 fully saturated rings. The molecule has 2 aromatic carbocycles. The summed E-state index contributed by atoms with van der Waals surface area (Å²) in [5, 5.41) is 0. The van der Waals surface area contributed by atoms with Crippen LogP contribution in [-0.2, 0) is 11.2 Å². The number of unbranched alkanes of at least 4 members (excludes halogenated alkanes) is 2. The second-order valence-electron chi connectivity index (χ2n) is 8.94. The summed E-state index contributed by atoms with van der Waals surface area (Å²) in [4.78, 5) is 31.2. The van der Waals surface area contributed by atoms with Gasteiger partial charge in [0, 0.05) is 36.9 Å². The zero-order chi connectivity index (χ0) is 24.9. The predicted molar refractivity (Wildman–Crippen MR) is 139 cm³/mol. The molecule has 6 heteroatoms. The van der Waals surface area contributed by atoms with E-state index in [-0.39, 0.29) is 11.7 Å². The van der Waals surface area contributed by atoms with Gasteiger partial charge in [0.2, 0.25) is 0 Å². The number of ketones is 1. The van der Waals surface area contributed by atoms with Crippen molar-refractivity contribution in [1.82, 2.24) is 4.90 Å². The van der Waals surface area contributed by atoms with Crippen LogP contribution in [0, 0.1) is 0 Å². The second-order valence-corrected chi connectivity index (χ2v) is 8.94. The van der Waals surface area contributed by atoms with Gasteiger partial charge in [-0.15, -0.1) is 0 Å². The van der Waals surface area contributed by atoms with Crippen LogP contribution in [0.2, 0.25) is 0 Å². The Morgan fingerprint density at radius 2 is 1.46 bits per heavy atom. The molecule has 1 saturated heterocycles. The molecule has 0 aromatic heterocycles. The van der Waals surface area contributed by atoms with Crippen molar-refractivity contribution in [2.24, 2.45) is 4.99 Å².